The van der Waals surface area contributed by atoms with Crippen LogP contribution in [-0.2, 0) is 9.53 Å². The van der Waals surface area contributed by atoms with Crippen molar-refractivity contribution in [1.82, 2.24) is 4.98 Å². The number of aryl methyl sites for hydroxylation is 1. The fraction of sp³-hybridized carbons (Fsp3) is 0.636. The molecule has 0 aromatic carbocycles. The number of aromatic nitrogens is 1. The van der Waals surface area contributed by atoms with Crippen molar-refractivity contribution < 1.29 is 9.53 Å². The van der Waals surface area contributed by atoms with Gasteiger partial charge in [0.2, 0.25) is 5.91 Å². The molecule has 0 fully saturated rings. The number of methoxy groups -OCH3 is 1. The Balaban J connectivity index is 2.70. The van der Waals surface area contributed by atoms with Crippen molar-refractivity contribution in [3.8, 4) is 0 Å². The molecule has 1 atom stereocenters. The molecule has 0 aliphatic rings. The van der Waals surface area contributed by atoms with Gasteiger partial charge in [-0.05, 0) is 13.8 Å². The van der Waals surface area contributed by atoms with Crippen molar-refractivity contribution in [2.75, 3.05) is 25.1 Å². The number of nitrogens with two attached hydrogens (primary N) is 1. The second-order valence-electron chi connectivity index (χ2n) is 3.71. The lowest BCUT2D eigenvalue weighted by Crippen LogP contribution is -2.36. The Morgan fingerprint density at radius 2 is 2.41 bits per heavy atom. The number of anilines is 1. The van der Waals surface area contributed by atoms with E-state index in [0.717, 1.165) is 10.8 Å². The van der Waals surface area contributed by atoms with E-state index >= 15 is 0 Å². The van der Waals surface area contributed by atoms with E-state index in [2.05, 4.69) is 4.98 Å². The highest BCUT2D eigenvalue weighted by atomic mass is 32.1. The number of carbonyl (C=O) groups excluding carboxylic acids is 1. The summed E-state index contributed by atoms with van der Waals surface area (Å²) in [6.07, 6.45) is 0.0667. The fourth-order valence-corrected chi connectivity index (χ4v) is 2.34. The summed E-state index contributed by atoms with van der Waals surface area (Å²) in [6.45, 7) is 4.79. The van der Waals surface area contributed by atoms with Gasteiger partial charge in [-0.1, -0.05) is 0 Å². The number of hydrogen-bond donors (Lipinski definition) is 1. The molecule has 1 unspecified atom stereocenters. The van der Waals surface area contributed by atoms with Crippen LogP contribution in [0.25, 0.3) is 0 Å². The average molecular weight is 257 g/mol. The van der Waals surface area contributed by atoms with E-state index < -0.39 is 0 Å². The third kappa shape index (κ3) is 3.76. The Labute approximate surface area is 106 Å². The van der Waals surface area contributed by atoms with E-state index in [-0.39, 0.29) is 12.0 Å². The van der Waals surface area contributed by atoms with E-state index in [1.165, 1.54) is 11.3 Å². The molecule has 0 spiro atoms. The highest BCUT2D eigenvalue weighted by molar-refractivity contribution is 7.14. The fourth-order valence-electron chi connectivity index (χ4n) is 1.45. The first kappa shape index (κ1) is 14.1. The van der Waals surface area contributed by atoms with Crippen LogP contribution in [-0.4, -0.2) is 37.2 Å². The highest BCUT2D eigenvalue weighted by Gasteiger charge is 2.20. The number of thiazole rings is 1. The van der Waals surface area contributed by atoms with E-state index in [9.17, 15) is 4.79 Å². The summed E-state index contributed by atoms with van der Waals surface area (Å²) in [4.78, 5) is 18.0. The van der Waals surface area contributed by atoms with Crippen molar-refractivity contribution in [2.45, 2.75) is 26.4 Å². The van der Waals surface area contributed by atoms with Crippen LogP contribution in [0, 0.1) is 6.92 Å². The molecule has 2 N–H and O–H groups in total. The van der Waals surface area contributed by atoms with Gasteiger partial charge in [-0.2, -0.15) is 0 Å². The van der Waals surface area contributed by atoms with Crippen LogP contribution < -0.4 is 10.6 Å². The Bertz CT molecular complexity index is 363. The smallest absolute Gasteiger partial charge is 0.231 e. The van der Waals surface area contributed by atoms with Gasteiger partial charge in [0.25, 0.3) is 0 Å². The van der Waals surface area contributed by atoms with Gasteiger partial charge in [0.1, 0.15) is 0 Å². The zero-order chi connectivity index (χ0) is 12.8. The summed E-state index contributed by atoms with van der Waals surface area (Å²) < 4.78 is 5.12. The van der Waals surface area contributed by atoms with Crippen LogP contribution >= 0.6 is 11.3 Å². The van der Waals surface area contributed by atoms with Gasteiger partial charge in [-0.3, -0.25) is 9.69 Å². The van der Waals surface area contributed by atoms with Gasteiger partial charge < -0.3 is 10.5 Å². The first-order valence-corrected chi connectivity index (χ1v) is 6.45. The molecule has 1 amide bonds. The number of amides is 1. The molecule has 1 aromatic rings. The molecule has 0 radical (unpaired) electrons. The van der Waals surface area contributed by atoms with Crippen molar-refractivity contribution in [1.29, 1.82) is 0 Å². The molecule has 1 heterocycles. The van der Waals surface area contributed by atoms with E-state index in [1.807, 2.05) is 19.2 Å². The van der Waals surface area contributed by atoms with Crippen molar-refractivity contribution in [3.05, 3.63) is 11.1 Å². The highest BCUT2D eigenvalue weighted by Crippen LogP contribution is 2.21. The molecule has 1 aromatic heterocycles. The maximum Gasteiger partial charge on any atom is 0.231 e. The third-order valence-corrected chi connectivity index (χ3v) is 3.44. The minimum atomic E-state index is -0.224. The summed E-state index contributed by atoms with van der Waals surface area (Å²) in [6, 6.07) is 0. The van der Waals surface area contributed by atoms with E-state index in [4.69, 9.17) is 10.5 Å². The van der Waals surface area contributed by atoms with Crippen molar-refractivity contribution in [3.63, 3.8) is 0 Å². The zero-order valence-corrected chi connectivity index (χ0v) is 11.3. The molecule has 5 nitrogen and oxygen atoms in total. The van der Waals surface area contributed by atoms with Gasteiger partial charge in [0.05, 0.1) is 18.2 Å². The molecule has 0 saturated heterocycles. The molecule has 0 aliphatic carbocycles. The number of hydrogen-bond acceptors (Lipinski definition) is 5. The van der Waals surface area contributed by atoms with Crippen LogP contribution in [0.15, 0.2) is 5.38 Å². The molecule has 17 heavy (non-hydrogen) atoms. The average Bonchev–Trinajstić information content (AvgIpc) is 2.73. The third-order valence-electron chi connectivity index (χ3n) is 2.45. The normalized spacial score (nSPS) is 12.5. The Morgan fingerprint density at radius 3 is 2.82 bits per heavy atom. The second kappa shape index (κ2) is 6.68. The minimum absolute atomic E-state index is 0.000787. The Kier molecular flexibility index (Phi) is 5.54. The molecule has 1 rings (SSSR count). The number of ether oxygens (including phenoxy) is 1. The van der Waals surface area contributed by atoms with Crippen LogP contribution in [0.4, 0.5) is 5.13 Å². The summed E-state index contributed by atoms with van der Waals surface area (Å²) in [7, 11) is 1.56. The van der Waals surface area contributed by atoms with Crippen LogP contribution in [0.1, 0.15) is 19.0 Å². The van der Waals surface area contributed by atoms with Crippen LogP contribution in [0.2, 0.25) is 0 Å². The van der Waals surface area contributed by atoms with Gasteiger partial charge in [0, 0.05) is 25.6 Å². The molecule has 0 bridgehead atoms. The van der Waals surface area contributed by atoms with Crippen molar-refractivity contribution >= 4 is 22.4 Å². The number of nitrogens with zero attached hydrogens (tertiary/aromatic N) is 2. The van der Waals surface area contributed by atoms with Gasteiger partial charge in [-0.25, -0.2) is 4.98 Å². The van der Waals surface area contributed by atoms with E-state index in [0.29, 0.717) is 19.5 Å². The molecular formula is C11H19N3O2S. The van der Waals surface area contributed by atoms with Gasteiger partial charge in [0.15, 0.2) is 5.13 Å². The maximum absolute atomic E-state index is 12.1. The van der Waals surface area contributed by atoms with Gasteiger partial charge >= 0.3 is 0 Å². The SMILES string of the molecule is CCN(C(=O)CC(CN)OC)c1nc(C)cs1. The summed E-state index contributed by atoms with van der Waals surface area (Å²) in [5.74, 6) is -0.000787. The van der Waals surface area contributed by atoms with E-state index in [1.54, 1.807) is 12.0 Å². The summed E-state index contributed by atoms with van der Waals surface area (Å²) in [5.41, 5.74) is 6.44. The van der Waals surface area contributed by atoms with Crippen LogP contribution in [0.5, 0.6) is 0 Å². The topological polar surface area (TPSA) is 68.5 Å². The summed E-state index contributed by atoms with van der Waals surface area (Å²) in [5, 5.41) is 2.67. The van der Waals surface area contributed by atoms with Gasteiger partial charge in [-0.15, -0.1) is 11.3 Å². The maximum atomic E-state index is 12.1. The summed E-state index contributed by atoms with van der Waals surface area (Å²) >= 11 is 1.47. The van der Waals surface area contributed by atoms with Crippen molar-refractivity contribution in [2.24, 2.45) is 5.73 Å². The predicted octanol–water partition coefficient (Wildman–Crippen LogP) is 1.17. The number of rotatable bonds is 6. The Morgan fingerprint density at radius 1 is 1.71 bits per heavy atom. The standard InChI is InChI=1S/C11H19N3O2S/c1-4-14(11-13-8(2)7-17-11)10(15)5-9(6-12)16-3/h7,9H,4-6,12H2,1-3H3. The first-order valence-electron chi connectivity index (χ1n) is 5.57. The lowest BCUT2D eigenvalue weighted by Gasteiger charge is -2.20. The Hall–Kier alpha value is -0.980. The molecule has 96 valence electrons. The molecular weight excluding hydrogens is 238 g/mol. The minimum Gasteiger partial charge on any atom is -0.380 e. The zero-order valence-electron chi connectivity index (χ0n) is 10.5. The lowest BCUT2D eigenvalue weighted by molar-refractivity contribution is -0.120. The van der Waals surface area contributed by atoms with Crippen LogP contribution in [0.3, 0.4) is 0 Å². The number of carbonyl (C=O) groups is 1. The largest absolute Gasteiger partial charge is 0.380 e. The molecule has 6 heteroatoms. The molecule has 0 saturated carbocycles. The second-order valence-corrected chi connectivity index (χ2v) is 4.54. The molecule has 0 aliphatic heterocycles. The predicted molar refractivity (Wildman–Crippen MR) is 69.3 cm³/mol. The lowest BCUT2D eigenvalue weighted by atomic mass is 10.2. The first-order chi connectivity index (χ1) is 8.12. The quantitative estimate of drug-likeness (QED) is 0.830. The monoisotopic (exact) mass is 257 g/mol.